The van der Waals surface area contributed by atoms with Crippen LogP contribution in [0.15, 0.2) is 53.0 Å². The van der Waals surface area contributed by atoms with Crippen molar-refractivity contribution >= 4 is 29.0 Å². The van der Waals surface area contributed by atoms with Crippen molar-refractivity contribution in [2.75, 3.05) is 12.4 Å². The summed E-state index contributed by atoms with van der Waals surface area (Å²) < 4.78 is 1.45. The van der Waals surface area contributed by atoms with E-state index in [-0.39, 0.29) is 11.2 Å². The molecule has 3 aromatic rings. The number of carbonyl (C=O) groups is 1. The van der Waals surface area contributed by atoms with E-state index in [1.54, 1.807) is 11.3 Å². The van der Waals surface area contributed by atoms with Crippen molar-refractivity contribution < 1.29 is 4.79 Å². The summed E-state index contributed by atoms with van der Waals surface area (Å²) >= 11 is 2.88. The lowest BCUT2D eigenvalue weighted by atomic mass is 10.2. The van der Waals surface area contributed by atoms with Crippen molar-refractivity contribution in [2.45, 2.75) is 30.8 Å². The minimum atomic E-state index is -0.304. The SMILES string of the molecule is CCN(Cc1ccccc1)C(=O)C(C)Sc1nnc(-c2cccs2)n1N. The summed E-state index contributed by atoms with van der Waals surface area (Å²) in [4.78, 5) is 15.6. The summed E-state index contributed by atoms with van der Waals surface area (Å²) in [6.07, 6.45) is 0. The van der Waals surface area contributed by atoms with Gasteiger partial charge in [-0.1, -0.05) is 48.2 Å². The molecule has 6 nitrogen and oxygen atoms in total. The quantitative estimate of drug-likeness (QED) is 0.497. The van der Waals surface area contributed by atoms with Crippen LogP contribution in [0.5, 0.6) is 0 Å². The normalized spacial score (nSPS) is 12.1. The summed E-state index contributed by atoms with van der Waals surface area (Å²) in [7, 11) is 0. The van der Waals surface area contributed by atoms with Crippen molar-refractivity contribution in [1.82, 2.24) is 19.8 Å². The molecule has 1 unspecified atom stereocenters. The second-order valence-electron chi connectivity index (χ2n) is 5.75. The Morgan fingerprint density at radius 2 is 2.04 bits per heavy atom. The van der Waals surface area contributed by atoms with E-state index in [1.165, 1.54) is 16.4 Å². The minimum absolute atomic E-state index is 0.0574. The van der Waals surface area contributed by atoms with Gasteiger partial charge in [0.2, 0.25) is 11.1 Å². The van der Waals surface area contributed by atoms with Crippen LogP contribution < -0.4 is 5.84 Å². The van der Waals surface area contributed by atoms with E-state index >= 15 is 0 Å². The van der Waals surface area contributed by atoms with Crippen LogP contribution in [0.4, 0.5) is 0 Å². The standard InChI is InChI=1S/C18H21N5OS2/c1-3-22(12-14-8-5-4-6-9-14)17(24)13(2)26-18-21-20-16(23(18)19)15-10-7-11-25-15/h4-11,13H,3,12,19H2,1-2H3. The molecule has 2 N–H and O–H groups in total. The molecule has 2 heterocycles. The molecule has 0 radical (unpaired) electrons. The largest absolute Gasteiger partial charge is 0.338 e. The number of thiophene rings is 1. The van der Waals surface area contributed by atoms with Crippen LogP contribution in [0, 0.1) is 0 Å². The Balaban J connectivity index is 1.69. The topological polar surface area (TPSA) is 77.0 Å². The van der Waals surface area contributed by atoms with Crippen LogP contribution in [0.25, 0.3) is 10.7 Å². The fourth-order valence-electron chi connectivity index (χ4n) is 2.55. The first kappa shape index (κ1) is 18.5. The number of hydrogen-bond acceptors (Lipinski definition) is 6. The third-order valence-corrected chi connectivity index (χ3v) is 5.86. The Hall–Kier alpha value is -2.32. The fraction of sp³-hybridized carbons (Fsp3) is 0.278. The van der Waals surface area contributed by atoms with Gasteiger partial charge in [-0.15, -0.1) is 21.5 Å². The van der Waals surface area contributed by atoms with Crippen LogP contribution in [-0.4, -0.2) is 37.5 Å². The number of nitrogens with two attached hydrogens (primary N) is 1. The molecule has 0 aliphatic carbocycles. The highest BCUT2D eigenvalue weighted by Gasteiger charge is 2.24. The number of carbonyl (C=O) groups excluding carboxylic acids is 1. The second kappa shape index (κ2) is 8.37. The number of amides is 1. The molecule has 3 rings (SSSR count). The lowest BCUT2D eigenvalue weighted by molar-refractivity contribution is -0.130. The zero-order chi connectivity index (χ0) is 18.5. The molecule has 1 atom stereocenters. The molecule has 0 saturated carbocycles. The number of nitrogen functional groups attached to an aromatic ring is 1. The smallest absolute Gasteiger partial charge is 0.236 e. The third-order valence-electron chi connectivity index (χ3n) is 3.95. The van der Waals surface area contributed by atoms with Gasteiger partial charge < -0.3 is 10.7 Å². The van der Waals surface area contributed by atoms with Crippen LogP contribution in [0.1, 0.15) is 19.4 Å². The van der Waals surface area contributed by atoms with Gasteiger partial charge in [-0.3, -0.25) is 4.79 Å². The van der Waals surface area contributed by atoms with Gasteiger partial charge in [-0.05, 0) is 30.9 Å². The Labute approximate surface area is 161 Å². The first-order valence-electron chi connectivity index (χ1n) is 8.34. The molecule has 26 heavy (non-hydrogen) atoms. The van der Waals surface area contributed by atoms with E-state index in [4.69, 9.17) is 5.84 Å². The van der Waals surface area contributed by atoms with E-state index in [0.29, 0.717) is 24.1 Å². The molecule has 0 aliphatic rings. The number of rotatable bonds is 7. The van der Waals surface area contributed by atoms with Gasteiger partial charge in [-0.25, -0.2) is 4.68 Å². The van der Waals surface area contributed by atoms with Gasteiger partial charge in [0.1, 0.15) is 0 Å². The molecular formula is C18H21N5OS2. The predicted octanol–water partition coefficient (Wildman–Crippen LogP) is 3.25. The number of hydrogen-bond donors (Lipinski definition) is 1. The molecule has 8 heteroatoms. The maximum atomic E-state index is 12.8. The van der Waals surface area contributed by atoms with Crippen LogP contribution in [0.3, 0.4) is 0 Å². The van der Waals surface area contributed by atoms with Crippen molar-refractivity contribution in [2.24, 2.45) is 0 Å². The summed E-state index contributed by atoms with van der Waals surface area (Å²) in [5, 5.41) is 10.5. The fourth-order valence-corrected chi connectivity index (χ4v) is 4.11. The first-order valence-corrected chi connectivity index (χ1v) is 10.1. The Morgan fingerprint density at radius 1 is 1.27 bits per heavy atom. The molecule has 1 aromatic carbocycles. The monoisotopic (exact) mass is 387 g/mol. The van der Waals surface area contributed by atoms with E-state index in [0.717, 1.165) is 10.4 Å². The molecule has 2 aromatic heterocycles. The molecule has 0 bridgehead atoms. The van der Waals surface area contributed by atoms with Crippen molar-refractivity contribution in [3.05, 3.63) is 53.4 Å². The Bertz CT molecular complexity index is 848. The van der Waals surface area contributed by atoms with E-state index in [9.17, 15) is 4.79 Å². The maximum absolute atomic E-state index is 12.8. The third kappa shape index (κ3) is 4.08. The van der Waals surface area contributed by atoms with Crippen molar-refractivity contribution in [3.63, 3.8) is 0 Å². The average Bonchev–Trinajstić information content (AvgIpc) is 3.30. The predicted molar refractivity (Wildman–Crippen MR) is 106 cm³/mol. The van der Waals surface area contributed by atoms with Crippen LogP contribution >= 0.6 is 23.1 Å². The maximum Gasteiger partial charge on any atom is 0.236 e. The van der Waals surface area contributed by atoms with Crippen LogP contribution in [0.2, 0.25) is 0 Å². The molecular weight excluding hydrogens is 366 g/mol. The minimum Gasteiger partial charge on any atom is -0.338 e. The number of benzene rings is 1. The summed E-state index contributed by atoms with van der Waals surface area (Å²) in [5.74, 6) is 6.80. The van der Waals surface area contributed by atoms with Gasteiger partial charge in [0.25, 0.3) is 0 Å². The van der Waals surface area contributed by atoms with Gasteiger partial charge in [-0.2, -0.15) is 0 Å². The van der Waals surface area contributed by atoms with Crippen molar-refractivity contribution in [3.8, 4) is 10.7 Å². The molecule has 136 valence electrons. The van der Waals surface area contributed by atoms with Crippen LogP contribution in [-0.2, 0) is 11.3 Å². The summed E-state index contributed by atoms with van der Waals surface area (Å²) in [6.45, 7) is 5.10. The lowest BCUT2D eigenvalue weighted by Gasteiger charge is -2.24. The molecule has 0 spiro atoms. The lowest BCUT2D eigenvalue weighted by Crippen LogP contribution is -2.36. The van der Waals surface area contributed by atoms with E-state index in [1.807, 2.05) is 66.6 Å². The van der Waals surface area contributed by atoms with Gasteiger partial charge in [0.15, 0.2) is 5.82 Å². The van der Waals surface area contributed by atoms with Gasteiger partial charge in [0.05, 0.1) is 10.1 Å². The number of aromatic nitrogens is 3. The Morgan fingerprint density at radius 3 is 2.69 bits per heavy atom. The zero-order valence-corrected chi connectivity index (χ0v) is 16.3. The van der Waals surface area contributed by atoms with Crippen molar-refractivity contribution in [1.29, 1.82) is 0 Å². The summed E-state index contributed by atoms with van der Waals surface area (Å²) in [6, 6.07) is 13.9. The molecule has 0 saturated heterocycles. The molecule has 0 fully saturated rings. The zero-order valence-electron chi connectivity index (χ0n) is 14.7. The Kier molecular flexibility index (Phi) is 5.95. The molecule has 0 aliphatic heterocycles. The highest BCUT2D eigenvalue weighted by molar-refractivity contribution is 8.00. The highest BCUT2D eigenvalue weighted by Crippen LogP contribution is 2.28. The highest BCUT2D eigenvalue weighted by atomic mass is 32.2. The first-order chi connectivity index (χ1) is 12.6. The van der Waals surface area contributed by atoms with E-state index in [2.05, 4.69) is 10.2 Å². The van der Waals surface area contributed by atoms with Gasteiger partial charge >= 0.3 is 0 Å². The molecule has 1 amide bonds. The average molecular weight is 388 g/mol. The number of nitrogens with zero attached hydrogens (tertiary/aromatic N) is 4. The summed E-state index contributed by atoms with van der Waals surface area (Å²) in [5.41, 5.74) is 1.11. The van der Waals surface area contributed by atoms with Gasteiger partial charge in [0, 0.05) is 13.1 Å². The second-order valence-corrected chi connectivity index (χ2v) is 8.01. The van der Waals surface area contributed by atoms with E-state index < -0.39 is 0 Å². The number of thioether (sulfide) groups is 1.